The summed E-state index contributed by atoms with van der Waals surface area (Å²) in [6.45, 7) is 0. The van der Waals surface area contributed by atoms with Crippen LogP contribution in [0.25, 0.3) is 10.8 Å². The SMILES string of the molecule is COC(=O)c1ccc2cc(CC#N)ccc2c1. The zero-order valence-electron chi connectivity index (χ0n) is 9.43. The molecular formula is C14H11NO2. The third kappa shape index (κ3) is 2.26. The number of carbonyl (C=O) groups is 1. The summed E-state index contributed by atoms with van der Waals surface area (Å²) in [6, 6.07) is 13.3. The number of esters is 1. The molecule has 0 aliphatic rings. The van der Waals surface area contributed by atoms with Gasteiger partial charge in [-0.25, -0.2) is 4.79 Å². The molecule has 17 heavy (non-hydrogen) atoms. The number of nitrogens with zero attached hydrogens (tertiary/aromatic N) is 1. The summed E-state index contributed by atoms with van der Waals surface area (Å²) in [5.74, 6) is -0.340. The highest BCUT2D eigenvalue weighted by atomic mass is 16.5. The van der Waals surface area contributed by atoms with E-state index in [0.717, 1.165) is 16.3 Å². The average molecular weight is 225 g/mol. The second kappa shape index (κ2) is 4.67. The fourth-order valence-electron chi connectivity index (χ4n) is 1.74. The number of hydrogen-bond donors (Lipinski definition) is 0. The lowest BCUT2D eigenvalue weighted by atomic mass is 10.0. The number of ether oxygens (including phenoxy) is 1. The minimum Gasteiger partial charge on any atom is -0.465 e. The molecule has 3 nitrogen and oxygen atoms in total. The standard InChI is InChI=1S/C14H11NO2/c1-17-14(16)13-5-4-11-8-10(6-7-15)2-3-12(11)9-13/h2-5,8-9H,6H2,1H3. The number of hydrogen-bond acceptors (Lipinski definition) is 3. The maximum absolute atomic E-state index is 11.4. The van der Waals surface area contributed by atoms with E-state index < -0.39 is 0 Å². The lowest BCUT2D eigenvalue weighted by molar-refractivity contribution is 0.0601. The fraction of sp³-hybridized carbons (Fsp3) is 0.143. The molecule has 3 heteroatoms. The van der Waals surface area contributed by atoms with E-state index in [1.165, 1.54) is 7.11 Å². The van der Waals surface area contributed by atoms with Crippen LogP contribution in [0.5, 0.6) is 0 Å². The van der Waals surface area contributed by atoms with Crippen molar-refractivity contribution in [3.63, 3.8) is 0 Å². The number of rotatable bonds is 2. The molecular weight excluding hydrogens is 214 g/mol. The third-order valence-electron chi connectivity index (χ3n) is 2.61. The normalized spacial score (nSPS) is 9.88. The van der Waals surface area contributed by atoms with E-state index >= 15 is 0 Å². The van der Waals surface area contributed by atoms with Crippen LogP contribution in [0.2, 0.25) is 0 Å². The van der Waals surface area contributed by atoms with Crippen molar-refractivity contribution in [1.82, 2.24) is 0 Å². The van der Waals surface area contributed by atoms with Gasteiger partial charge in [0, 0.05) is 0 Å². The molecule has 0 heterocycles. The molecule has 2 aromatic carbocycles. The molecule has 0 amide bonds. The molecule has 0 aromatic heterocycles. The Morgan fingerprint density at radius 1 is 1.24 bits per heavy atom. The molecule has 0 bridgehead atoms. The number of benzene rings is 2. The Morgan fingerprint density at radius 2 is 1.94 bits per heavy atom. The van der Waals surface area contributed by atoms with E-state index in [1.807, 2.05) is 24.3 Å². The van der Waals surface area contributed by atoms with Crippen LogP contribution < -0.4 is 0 Å². The highest BCUT2D eigenvalue weighted by Gasteiger charge is 2.05. The third-order valence-corrected chi connectivity index (χ3v) is 2.61. The van der Waals surface area contributed by atoms with Gasteiger partial charge in [-0.2, -0.15) is 5.26 Å². The van der Waals surface area contributed by atoms with Crippen molar-refractivity contribution in [2.24, 2.45) is 0 Å². The first-order valence-corrected chi connectivity index (χ1v) is 5.22. The van der Waals surface area contributed by atoms with Gasteiger partial charge in [-0.05, 0) is 28.5 Å². The molecule has 0 radical (unpaired) electrons. The topological polar surface area (TPSA) is 50.1 Å². The maximum Gasteiger partial charge on any atom is 0.337 e. The summed E-state index contributed by atoms with van der Waals surface area (Å²) in [5.41, 5.74) is 1.51. The Bertz CT molecular complexity index is 611. The average Bonchev–Trinajstić information content (AvgIpc) is 2.37. The summed E-state index contributed by atoms with van der Waals surface area (Å²) in [7, 11) is 1.36. The smallest absolute Gasteiger partial charge is 0.337 e. The minimum atomic E-state index is -0.340. The van der Waals surface area contributed by atoms with Gasteiger partial charge in [-0.1, -0.05) is 24.3 Å². The van der Waals surface area contributed by atoms with Gasteiger partial charge >= 0.3 is 5.97 Å². The van der Waals surface area contributed by atoms with E-state index in [-0.39, 0.29) is 5.97 Å². The summed E-state index contributed by atoms with van der Waals surface area (Å²) >= 11 is 0. The summed E-state index contributed by atoms with van der Waals surface area (Å²) in [6.07, 6.45) is 0.398. The molecule has 0 fully saturated rings. The fourth-order valence-corrected chi connectivity index (χ4v) is 1.74. The first-order valence-electron chi connectivity index (χ1n) is 5.22. The van der Waals surface area contributed by atoms with E-state index in [0.29, 0.717) is 12.0 Å². The van der Waals surface area contributed by atoms with Gasteiger partial charge in [0.25, 0.3) is 0 Å². The largest absolute Gasteiger partial charge is 0.465 e. The van der Waals surface area contributed by atoms with Crippen molar-refractivity contribution in [1.29, 1.82) is 5.26 Å². The van der Waals surface area contributed by atoms with Gasteiger partial charge in [0.15, 0.2) is 0 Å². The van der Waals surface area contributed by atoms with Crippen molar-refractivity contribution in [3.05, 3.63) is 47.5 Å². The van der Waals surface area contributed by atoms with Crippen LogP contribution in [0, 0.1) is 11.3 Å². The van der Waals surface area contributed by atoms with Crippen molar-refractivity contribution < 1.29 is 9.53 Å². The van der Waals surface area contributed by atoms with Crippen molar-refractivity contribution >= 4 is 16.7 Å². The van der Waals surface area contributed by atoms with Crippen LogP contribution in [-0.2, 0) is 11.2 Å². The van der Waals surface area contributed by atoms with Gasteiger partial charge < -0.3 is 4.74 Å². The molecule has 0 saturated carbocycles. The van der Waals surface area contributed by atoms with Crippen LogP contribution in [0.4, 0.5) is 0 Å². The lowest BCUT2D eigenvalue weighted by Gasteiger charge is -2.03. The Kier molecular flexibility index (Phi) is 3.06. The molecule has 0 unspecified atom stereocenters. The number of nitriles is 1. The molecule has 0 saturated heterocycles. The lowest BCUT2D eigenvalue weighted by Crippen LogP contribution is -2.00. The molecule has 0 aliphatic heterocycles. The first kappa shape index (κ1) is 11.2. The van der Waals surface area contributed by atoms with E-state index in [9.17, 15) is 4.79 Å². The zero-order valence-corrected chi connectivity index (χ0v) is 9.43. The van der Waals surface area contributed by atoms with E-state index in [4.69, 9.17) is 5.26 Å². The number of fused-ring (bicyclic) bond motifs is 1. The number of carbonyl (C=O) groups excluding carboxylic acids is 1. The van der Waals surface area contributed by atoms with Gasteiger partial charge in [-0.3, -0.25) is 0 Å². The Balaban J connectivity index is 2.47. The molecule has 0 atom stereocenters. The zero-order chi connectivity index (χ0) is 12.3. The van der Waals surface area contributed by atoms with E-state index in [1.54, 1.807) is 12.1 Å². The second-order valence-corrected chi connectivity index (χ2v) is 3.72. The second-order valence-electron chi connectivity index (χ2n) is 3.72. The van der Waals surface area contributed by atoms with Crippen molar-refractivity contribution in [3.8, 4) is 6.07 Å². The molecule has 0 spiro atoms. The molecule has 2 aromatic rings. The van der Waals surface area contributed by atoms with Crippen LogP contribution in [0.15, 0.2) is 36.4 Å². The van der Waals surface area contributed by atoms with Crippen LogP contribution in [-0.4, -0.2) is 13.1 Å². The molecule has 84 valence electrons. The predicted octanol–water partition coefficient (Wildman–Crippen LogP) is 2.69. The Labute approximate surface area is 99.2 Å². The van der Waals surface area contributed by atoms with Crippen molar-refractivity contribution in [2.75, 3.05) is 7.11 Å². The summed E-state index contributed by atoms with van der Waals surface area (Å²) in [5, 5.41) is 10.6. The van der Waals surface area contributed by atoms with Crippen LogP contribution in [0.3, 0.4) is 0 Å². The Morgan fingerprint density at radius 3 is 2.65 bits per heavy atom. The monoisotopic (exact) mass is 225 g/mol. The Hall–Kier alpha value is -2.34. The van der Waals surface area contributed by atoms with E-state index in [2.05, 4.69) is 10.8 Å². The molecule has 0 aliphatic carbocycles. The van der Waals surface area contributed by atoms with Gasteiger partial charge in [-0.15, -0.1) is 0 Å². The van der Waals surface area contributed by atoms with Crippen molar-refractivity contribution in [2.45, 2.75) is 6.42 Å². The highest BCUT2D eigenvalue weighted by molar-refractivity contribution is 5.95. The quantitative estimate of drug-likeness (QED) is 0.738. The summed E-state index contributed by atoms with van der Waals surface area (Å²) in [4.78, 5) is 11.4. The molecule has 0 N–H and O–H groups in total. The predicted molar refractivity (Wildman–Crippen MR) is 64.6 cm³/mol. The van der Waals surface area contributed by atoms with Crippen LogP contribution in [0.1, 0.15) is 15.9 Å². The van der Waals surface area contributed by atoms with Gasteiger partial charge in [0.05, 0.1) is 25.2 Å². The number of methoxy groups -OCH3 is 1. The summed E-state index contributed by atoms with van der Waals surface area (Å²) < 4.78 is 4.67. The maximum atomic E-state index is 11.4. The highest BCUT2D eigenvalue weighted by Crippen LogP contribution is 2.18. The van der Waals surface area contributed by atoms with Gasteiger partial charge in [0.1, 0.15) is 0 Å². The minimum absolute atomic E-state index is 0.340. The van der Waals surface area contributed by atoms with Gasteiger partial charge in [0.2, 0.25) is 0 Å². The van der Waals surface area contributed by atoms with Crippen LogP contribution >= 0.6 is 0 Å². The molecule has 2 rings (SSSR count). The first-order chi connectivity index (χ1) is 8.24.